The molecule has 2 rings (SSSR count). The predicted molar refractivity (Wildman–Crippen MR) is 92.5 cm³/mol. The molecule has 0 unspecified atom stereocenters. The Bertz CT molecular complexity index is 519. The zero-order valence-corrected chi connectivity index (χ0v) is 15.0. The molecular weight excluding hydrogens is 342 g/mol. The second-order valence-corrected chi connectivity index (χ2v) is 7.51. The number of unbranched alkanes of at least 4 members (excludes halogenated alkanes) is 2. The maximum atomic E-state index is 12.2. The Morgan fingerprint density at radius 1 is 0.955 bits per heavy atom. The van der Waals surface area contributed by atoms with E-state index in [9.17, 15) is 9.59 Å². The lowest BCUT2D eigenvalue weighted by Gasteiger charge is -2.23. The maximum absolute atomic E-state index is 12.2. The van der Waals surface area contributed by atoms with E-state index >= 15 is 0 Å². The number of halogens is 1. The zero-order valence-electron chi connectivity index (χ0n) is 13.4. The maximum Gasteiger partial charge on any atom is 0.261 e. The second-order valence-electron chi connectivity index (χ2n) is 6.72. The molecule has 1 heterocycles. The SMILES string of the molecule is CC(C)(CCBr)CCCCCN1C(=O)c2ccccc2C1=O. The van der Waals surface area contributed by atoms with E-state index in [1.54, 1.807) is 24.3 Å². The minimum atomic E-state index is -0.139. The number of alkyl halides is 1. The van der Waals surface area contributed by atoms with Gasteiger partial charge in [-0.1, -0.05) is 54.8 Å². The van der Waals surface area contributed by atoms with Crippen LogP contribution in [0, 0.1) is 5.41 Å². The average molecular weight is 366 g/mol. The summed E-state index contributed by atoms with van der Waals surface area (Å²) in [4.78, 5) is 25.8. The van der Waals surface area contributed by atoms with Gasteiger partial charge in [-0.15, -0.1) is 0 Å². The van der Waals surface area contributed by atoms with Gasteiger partial charge in [-0.3, -0.25) is 14.5 Å². The van der Waals surface area contributed by atoms with Gasteiger partial charge in [-0.05, 0) is 36.8 Å². The summed E-state index contributed by atoms with van der Waals surface area (Å²) in [5.74, 6) is -0.277. The summed E-state index contributed by atoms with van der Waals surface area (Å²) in [5, 5.41) is 1.04. The van der Waals surface area contributed by atoms with E-state index in [0.29, 0.717) is 23.1 Å². The molecule has 0 saturated carbocycles. The van der Waals surface area contributed by atoms with Gasteiger partial charge in [0.25, 0.3) is 11.8 Å². The number of nitrogens with zero attached hydrogens (tertiary/aromatic N) is 1. The van der Waals surface area contributed by atoms with Crippen molar-refractivity contribution in [3.8, 4) is 0 Å². The lowest BCUT2D eigenvalue weighted by molar-refractivity contribution is 0.0651. The summed E-state index contributed by atoms with van der Waals surface area (Å²) in [6.07, 6.45) is 5.43. The Morgan fingerprint density at radius 2 is 1.55 bits per heavy atom. The molecule has 4 heteroatoms. The first-order valence-electron chi connectivity index (χ1n) is 7.97. The Balaban J connectivity index is 1.77. The van der Waals surface area contributed by atoms with E-state index in [2.05, 4.69) is 29.8 Å². The molecule has 120 valence electrons. The van der Waals surface area contributed by atoms with Crippen LogP contribution in [-0.4, -0.2) is 28.6 Å². The quantitative estimate of drug-likeness (QED) is 0.381. The summed E-state index contributed by atoms with van der Waals surface area (Å²) in [5.41, 5.74) is 1.45. The number of rotatable bonds is 8. The minimum absolute atomic E-state index is 0.139. The first kappa shape index (κ1) is 17.2. The normalized spacial score (nSPS) is 14.6. The summed E-state index contributed by atoms with van der Waals surface area (Å²) in [6.45, 7) is 5.11. The Hall–Kier alpha value is -1.16. The Morgan fingerprint density at radius 3 is 2.09 bits per heavy atom. The monoisotopic (exact) mass is 365 g/mol. The number of amides is 2. The van der Waals surface area contributed by atoms with Gasteiger partial charge in [0, 0.05) is 11.9 Å². The van der Waals surface area contributed by atoms with Crippen molar-refractivity contribution in [1.82, 2.24) is 4.90 Å². The molecule has 3 nitrogen and oxygen atoms in total. The lowest BCUT2D eigenvalue weighted by atomic mass is 9.84. The highest BCUT2D eigenvalue weighted by molar-refractivity contribution is 9.09. The number of imide groups is 1. The largest absolute Gasteiger partial charge is 0.274 e. The van der Waals surface area contributed by atoms with Crippen molar-refractivity contribution < 1.29 is 9.59 Å². The van der Waals surface area contributed by atoms with E-state index in [4.69, 9.17) is 0 Å². The standard InChI is InChI=1S/C18H24BrNO2/c1-18(2,11-12-19)10-6-3-7-13-20-16(21)14-8-4-5-9-15(14)17(20)22/h4-5,8-9H,3,6-7,10-13H2,1-2H3. The smallest absolute Gasteiger partial charge is 0.261 e. The molecule has 0 atom stereocenters. The molecule has 2 amide bonds. The molecule has 0 spiro atoms. The van der Waals surface area contributed by atoms with Gasteiger partial charge < -0.3 is 0 Å². The number of carbonyl (C=O) groups excluding carboxylic acids is 2. The molecule has 1 aromatic rings. The van der Waals surface area contributed by atoms with Crippen molar-refractivity contribution >= 4 is 27.7 Å². The van der Waals surface area contributed by atoms with Crippen LogP contribution in [0.5, 0.6) is 0 Å². The van der Waals surface area contributed by atoms with E-state index in [1.807, 2.05) is 0 Å². The van der Waals surface area contributed by atoms with E-state index in [-0.39, 0.29) is 11.8 Å². The molecule has 0 saturated heterocycles. The summed E-state index contributed by atoms with van der Waals surface area (Å²) < 4.78 is 0. The molecule has 1 aliphatic heterocycles. The Labute approximate surface area is 141 Å². The van der Waals surface area contributed by atoms with Gasteiger partial charge in [-0.25, -0.2) is 0 Å². The van der Waals surface area contributed by atoms with Crippen LogP contribution in [-0.2, 0) is 0 Å². The fourth-order valence-electron chi connectivity index (χ4n) is 2.87. The number of benzene rings is 1. The third-order valence-electron chi connectivity index (χ3n) is 4.38. The first-order valence-corrected chi connectivity index (χ1v) is 9.09. The Kier molecular flexibility index (Phi) is 5.79. The van der Waals surface area contributed by atoms with E-state index in [0.717, 1.165) is 24.6 Å². The fraction of sp³-hybridized carbons (Fsp3) is 0.556. The van der Waals surface area contributed by atoms with Gasteiger partial charge in [-0.2, -0.15) is 0 Å². The number of carbonyl (C=O) groups is 2. The van der Waals surface area contributed by atoms with E-state index in [1.165, 1.54) is 17.7 Å². The zero-order chi connectivity index (χ0) is 16.2. The molecule has 0 bridgehead atoms. The van der Waals surface area contributed by atoms with Crippen molar-refractivity contribution in [2.75, 3.05) is 11.9 Å². The van der Waals surface area contributed by atoms with Crippen LogP contribution in [0.25, 0.3) is 0 Å². The van der Waals surface area contributed by atoms with Crippen molar-refractivity contribution in [3.05, 3.63) is 35.4 Å². The topological polar surface area (TPSA) is 37.4 Å². The van der Waals surface area contributed by atoms with Gasteiger partial charge in [0.2, 0.25) is 0 Å². The van der Waals surface area contributed by atoms with Gasteiger partial charge in [0.05, 0.1) is 11.1 Å². The highest BCUT2D eigenvalue weighted by atomic mass is 79.9. The molecule has 0 N–H and O–H groups in total. The molecule has 0 fully saturated rings. The van der Waals surface area contributed by atoms with Crippen molar-refractivity contribution in [3.63, 3.8) is 0 Å². The summed E-state index contributed by atoms with van der Waals surface area (Å²) in [7, 11) is 0. The van der Waals surface area contributed by atoms with Crippen LogP contribution >= 0.6 is 15.9 Å². The highest BCUT2D eigenvalue weighted by Crippen LogP contribution is 2.29. The molecule has 1 aliphatic rings. The molecular formula is C18H24BrNO2. The minimum Gasteiger partial charge on any atom is -0.274 e. The van der Waals surface area contributed by atoms with Crippen LogP contribution in [0.3, 0.4) is 0 Å². The number of hydrogen-bond acceptors (Lipinski definition) is 2. The van der Waals surface area contributed by atoms with Gasteiger partial charge in [0.15, 0.2) is 0 Å². The van der Waals surface area contributed by atoms with Crippen molar-refractivity contribution in [1.29, 1.82) is 0 Å². The molecule has 0 aromatic heterocycles. The van der Waals surface area contributed by atoms with Gasteiger partial charge in [0.1, 0.15) is 0 Å². The third-order valence-corrected chi connectivity index (χ3v) is 4.78. The summed E-state index contributed by atoms with van der Waals surface area (Å²) >= 11 is 3.50. The molecule has 22 heavy (non-hydrogen) atoms. The van der Waals surface area contributed by atoms with Gasteiger partial charge >= 0.3 is 0 Å². The first-order chi connectivity index (χ1) is 10.5. The lowest BCUT2D eigenvalue weighted by Crippen LogP contribution is -2.30. The van der Waals surface area contributed by atoms with Crippen molar-refractivity contribution in [2.24, 2.45) is 5.41 Å². The van der Waals surface area contributed by atoms with Crippen LogP contribution in [0.15, 0.2) is 24.3 Å². The highest BCUT2D eigenvalue weighted by Gasteiger charge is 2.34. The van der Waals surface area contributed by atoms with E-state index < -0.39 is 0 Å². The fourth-order valence-corrected chi connectivity index (χ4v) is 3.95. The molecule has 0 aliphatic carbocycles. The molecule has 0 radical (unpaired) electrons. The summed E-state index contributed by atoms with van der Waals surface area (Å²) in [6, 6.07) is 7.08. The number of fused-ring (bicyclic) bond motifs is 1. The van der Waals surface area contributed by atoms with Crippen LogP contribution in [0.1, 0.15) is 66.7 Å². The average Bonchev–Trinajstić information content (AvgIpc) is 2.72. The van der Waals surface area contributed by atoms with Crippen molar-refractivity contribution in [2.45, 2.75) is 46.0 Å². The van der Waals surface area contributed by atoms with Crippen LogP contribution in [0.2, 0.25) is 0 Å². The third kappa shape index (κ3) is 3.97. The van der Waals surface area contributed by atoms with Crippen LogP contribution in [0.4, 0.5) is 0 Å². The second kappa shape index (κ2) is 7.40. The molecule has 1 aromatic carbocycles. The number of hydrogen-bond donors (Lipinski definition) is 0. The predicted octanol–water partition coefficient (Wildman–Crippen LogP) is 4.65. The van der Waals surface area contributed by atoms with Crippen LogP contribution < -0.4 is 0 Å².